The van der Waals surface area contributed by atoms with Crippen LogP contribution in [0.2, 0.25) is 0 Å². The summed E-state index contributed by atoms with van der Waals surface area (Å²) in [5.74, 6) is -0.319. The molecule has 0 aliphatic heterocycles. The first-order chi connectivity index (χ1) is 8.65. The van der Waals surface area contributed by atoms with Crippen LogP contribution in [0.1, 0.15) is 25.7 Å². The summed E-state index contributed by atoms with van der Waals surface area (Å²) in [4.78, 5) is 11.7. The molecular formula is C13H16BrFN2O. The highest BCUT2D eigenvalue weighted by molar-refractivity contribution is 9.10. The van der Waals surface area contributed by atoms with Crippen molar-refractivity contribution >= 4 is 27.5 Å². The lowest BCUT2D eigenvalue weighted by Gasteiger charge is -2.13. The van der Waals surface area contributed by atoms with Crippen molar-refractivity contribution in [3.63, 3.8) is 0 Å². The Balaban J connectivity index is 1.81. The topological polar surface area (TPSA) is 41.1 Å². The quantitative estimate of drug-likeness (QED) is 0.896. The molecule has 0 aromatic heterocycles. The minimum Gasteiger partial charge on any atom is -0.375 e. The van der Waals surface area contributed by atoms with Crippen molar-refractivity contribution in [3.8, 4) is 0 Å². The van der Waals surface area contributed by atoms with E-state index in [9.17, 15) is 9.18 Å². The zero-order valence-corrected chi connectivity index (χ0v) is 11.6. The summed E-state index contributed by atoms with van der Waals surface area (Å²) in [6, 6.07) is 4.68. The van der Waals surface area contributed by atoms with Gasteiger partial charge in [-0.25, -0.2) is 4.39 Å². The second-order valence-corrected chi connectivity index (χ2v) is 5.38. The lowest BCUT2D eigenvalue weighted by Crippen LogP contribution is -2.36. The standard InChI is InChI=1S/C13H16BrFN2O/c14-11-7-9(15)5-6-12(11)16-8-13(18)17-10-3-1-2-4-10/h5-7,10,16H,1-4,8H2,(H,17,18). The monoisotopic (exact) mass is 314 g/mol. The molecule has 1 aliphatic rings. The molecule has 1 aromatic carbocycles. The van der Waals surface area contributed by atoms with Gasteiger partial charge in [0.2, 0.25) is 5.91 Å². The zero-order chi connectivity index (χ0) is 13.0. The van der Waals surface area contributed by atoms with Gasteiger partial charge in [0.25, 0.3) is 0 Å². The summed E-state index contributed by atoms with van der Waals surface area (Å²) in [5, 5.41) is 5.98. The molecule has 18 heavy (non-hydrogen) atoms. The van der Waals surface area contributed by atoms with E-state index in [1.807, 2.05) is 0 Å². The second-order valence-electron chi connectivity index (χ2n) is 4.53. The molecule has 1 fully saturated rings. The van der Waals surface area contributed by atoms with Crippen molar-refractivity contribution in [2.75, 3.05) is 11.9 Å². The molecule has 1 saturated carbocycles. The van der Waals surface area contributed by atoms with E-state index in [1.165, 1.54) is 25.0 Å². The Morgan fingerprint density at radius 2 is 2.11 bits per heavy atom. The van der Waals surface area contributed by atoms with Crippen LogP contribution < -0.4 is 10.6 Å². The molecule has 0 spiro atoms. The molecule has 0 unspecified atom stereocenters. The number of carbonyl (C=O) groups excluding carboxylic acids is 1. The van der Waals surface area contributed by atoms with Crippen molar-refractivity contribution in [3.05, 3.63) is 28.5 Å². The predicted octanol–water partition coefficient (Wildman–Crippen LogP) is 3.06. The fourth-order valence-corrected chi connectivity index (χ4v) is 2.65. The summed E-state index contributed by atoms with van der Waals surface area (Å²) >= 11 is 3.25. The van der Waals surface area contributed by atoms with Crippen LogP contribution in [-0.4, -0.2) is 18.5 Å². The van der Waals surface area contributed by atoms with Crippen LogP contribution in [0.3, 0.4) is 0 Å². The highest BCUT2D eigenvalue weighted by atomic mass is 79.9. The van der Waals surface area contributed by atoms with E-state index in [2.05, 4.69) is 26.6 Å². The fourth-order valence-electron chi connectivity index (χ4n) is 2.16. The van der Waals surface area contributed by atoms with Crippen molar-refractivity contribution in [1.82, 2.24) is 5.32 Å². The van der Waals surface area contributed by atoms with Gasteiger partial charge in [0, 0.05) is 16.2 Å². The number of carbonyl (C=O) groups is 1. The van der Waals surface area contributed by atoms with E-state index in [0.717, 1.165) is 18.5 Å². The summed E-state index contributed by atoms with van der Waals surface area (Å²) in [6.45, 7) is 0.209. The number of nitrogens with one attached hydrogen (secondary N) is 2. The van der Waals surface area contributed by atoms with Crippen LogP contribution in [0, 0.1) is 5.82 Å². The molecule has 0 saturated heterocycles. The molecular weight excluding hydrogens is 299 g/mol. The van der Waals surface area contributed by atoms with E-state index in [0.29, 0.717) is 10.5 Å². The van der Waals surface area contributed by atoms with E-state index in [1.54, 1.807) is 6.07 Å². The number of halogens is 2. The van der Waals surface area contributed by atoms with Gasteiger partial charge < -0.3 is 10.6 Å². The Morgan fingerprint density at radius 3 is 2.78 bits per heavy atom. The molecule has 0 atom stereocenters. The average Bonchev–Trinajstić information content (AvgIpc) is 2.80. The normalized spacial score (nSPS) is 15.7. The summed E-state index contributed by atoms with van der Waals surface area (Å²) in [6.07, 6.45) is 4.54. The number of benzene rings is 1. The van der Waals surface area contributed by atoms with Crippen LogP contribution in [-0.2, 0) is 4.79 Å². The van der Waals surface area contributed by atoms with E-state index in [4.69, 9.17) is 0 Å². The molecule has 0 radical (unpaired) electrons. The van der Waals surface area contributed by atoms with Crippen LogP contribution in [0.25, 0.3) is 0 Å². The number of rotatable bonds is 4. The molecule has 0 heterocycles. The van der Waals surface area contributed by atoms with Gasteiger partial charge in [-0.1, -0.05) is 12.8 Å². The van der Waals surface area contributed by atoms with Gasteiger partial charge >= 0.3 is 0 Å². The van der Waals surface area contributed by atoms with Crippen molar-refractivity contribution < 1.29 is 9.18 Å². The Kier molecular flexibility index (Phi) is 4.58. The molecule has 98 valence electrons. The smallest absolute Gasteiger partial charge is 0.239 e. The Bertz CT molecular complexity index is 433. The molecule has 5 heteroatoms. The Labute approximate surface area is 114 Å². The van der Waals surface area contributed by atoms with Crippen molar-refractivity contribution in [2.45, 2.75) is 31.7 Å². The third kappa shape index (κ3) is 3.70. The second kappa shape index (κ2) is 6.18. The number of amides is 1. The summed E-state index contributed by atoms with van der Waals surface area (Å²) in [5.41, 5.74) is 0.720. The number of hydrogen-bond donors (Lipinski definition) is 2. The van der Waals surface area contributed by atoms with Crippen LogP contribution in [0.15, 0.2) is 22.7 Å². The zero-order valence-electron chi connectivity index (χ0n) is 10.0. The average molecular weight is 315 g/mol. The molecule has 1 amide bonds. The first-order valence-electron chi connectivity index (χ1n) is 6.13. The Morgan fingerprint density at radius 1 is 1.39 bits per heavy atom. The Hall–Kier alpha value is -1.10. The minimum absolute atomic E-state index is 0.0156. The molecule has 1 aliphatic carbocycles. The number of hydrogen-bond acceptors (Lipinski definition) is 2. The van der Waals surface area contributed by atoms with Gasteiger partial charge in [0.15, 0.2) is 0 Å². The molecule has 3 nitrogen and oxygen atoms in total. The van der Waals surface area contributed by atoms with Gasteiger partial charge in [0.1, 0.15) is 5.82 Å². The lowest BCUT2D eigenvalue weighted by atomic mass is 10.2. The third-order valence-corrected chi connectivity index (χ3v) is 3.75. The van der Waals surface area contributed by atoms with Crippen LogP contribution in [0.4, 0.5) is 10.1 Å². The third-order valence-electron chi connectivity index (χ3n) is 3.09. The fraction of sp³-hybridized carbons (Fsp3) is 0.462. The maximum atomic E-state index is 12.9. The van der Waals surface area contributed by atoms with E-state index < -0.39 is 0 Å². The highest BCUT2D eigenvalue weighted by Gasteiger charge is 2.16. The highest BCUT2D eigenvalue weighted by Crippen LogP contribution is 2.22. The molecule has 1 aromatic rings. The van der Waals surface area contributed by atoms with Crippen molar-refractivity contribution in [2.24, 2.45) is 0 Å². The van der Waals surface area contributed by atoms with E-state index in [-0.39, 0.29) is 18.3 Å². The lowest BCUT2D eigenvalue weighted by molar-refractivity contribution is -0.120. The first-order valence-corrected chi connectivity index (χ1v) is 6.93. The van der Waals surface area contributed by atoms with Crippen molar-refractivity contribution in [1.29, 1.82) is 0 Å². The van der Waals surface area contributed by atoms with Gasteiger partial charge in [-0.05, 0) is 47.0 Å². The van der Waals surface area contributed by atoms with Gasteiger partial charge in [-0.15, -0.1) is 0 Å². The predicted molar refractivity (Wildman–Crippen MR) is 73.0 cm³/mol. The van der Waals surface area contributed by atoms with Gasteiger partial charge in [-0.2, -0.15) is 0 Å². The largest absolute Gasteiger partial charge is 0.375 e. The first kappa shape index (κ1) is 13.3. The van der Waals surface area contributed by atoms with Gasteiger partial charge in [0.05, 0.1) is 6.54 Å². The molecule has 0 bridgehead atoms. The maximum absolute atomic E-state index is 12.9. The summed E-state index contributed by atoms with van der Waals surface area (Å²) in [7, 11) is 0. The van der Waals surface area contributed by atoms with E-state index >= 15 is 0 Å². The van der Waals surface area contributed by atoms with Gasteiger partial charge in [-0.3, -0.25) is 4.79 Å². The molecule has 2 rings (SSSR count). The SMILES string of the molecule is O=C(CNc1ccc(F)cc1Br)NC1CCCC1. The summed E-state index contributed by atoms with van der Waals surface area (Å²) < 4.78 is 13.5. The maximum Gasteiger partial charge on any atom is 0.239 e. The van der Waals surface area contributed by atoms with Crippen LogP contribution in [0.5, 0.6) is 0 Å². The number of anilines is 1. The minimum atomic E-state index is -0.303. The molecule has 2 N–H and O–H groups in total. The van der Waals surface area contributed by atoms with Crippen LogP contribution >= 0.6 is 15.9 Å².